The number of esters is 1. The summed E-state index contributed by atoms with van der Waals surface area (Å²) in [6, 6.07) is 8.42. The first-order valence-corrected chi connectivity index (χ1v) is 10.6. The second kappa shape index (κ2) is 12.5. The monoisotopic (exact) mass is 459 g/mol. The van der Waals surface area contributed by atoms with Gasteiger partial charge < -0.3 is 20.1 Å². The number of carbonyl (C=O) groups is 4. The molecule has 9 nitrogen and oxygen atoms in total. The Kier molecular flexibility index (Phi) is 10.4. The summed E-state index contributed by atoms with van der Waals surface area (Å²) in [5, 5.41) is 5.03. The van der Waals surface area contributed by atoms with Crippen LogP contribution in [0.5, 0.6) is 0 Å². The zero-order valence-corrected chi connectivity index (χ0v) is 20.0. The van der Waals surface area contributed by atoms with Gasteiger partial charge in [0.2, 0.25) is 5.91 Å². The molecule has 0 bridgehead atoms. The highest BCUT2D eigenvalue weighted by atomic mass is 16.6. The Labute approximate surface area is 195 Å². The molecule has 3 amide bonds. The van der Waals surface area contributed by atoms with Crippen molar-refractivity contribution in [1.29, 1.82) is 0 Å². The summed E-state index contributed by atoms with van der Waals surface area (Å²) in [4.78, 5) is 51.4. The van der Waals surface area contributed by atoms with E-state index < -0.39 is 48.1 Å². The molecule has 3 unspecified atom stereocenters. The predicted molar refractivity (Wildman–Crippen MR) is 123 cm³/mol. The summed E-state index contributed by atoms with van der Waals surface area (Å²) in [6.45, 7) is 8.37. The van der Waals surface area contributed by atoms with Crippen molar-refractivity contribution in [3.05, 3.63) is 35.9 Å². The van der Waals surface area contributed by atoms with E-state index in [0.29, 0.717) is 12.0 Å². The highest BCUT2D eigenvalue weighted by Gasteiger charge is 2.37. The number of amides is 3. The smallest absolute Gasteiger partial charge is 0.408 e. The molecule has 180 valence electrons. The van der Waals surface area contributed by atoms with Gasteiger partial charge in [-0.2, -0.15) is 0 Å². The van der Waals surface area contributed by atoms with Gasteiger partial charge in [-0.15, -0.1) is 0 Å². The van der Waals surface area contributed by atoms with Crippen LogP contribution in [0, 0.1) is 18.4 Å². The molecule has 0 spiro atoms. The Morgan fingerprint density at radius 1 is 1.15 bits per heavy atom. The first-order valence-electron chi connectivity index (χ1n) is 10.6. The van der Waals surface area contributed by atoms with Crippen LogP contribution in [0.4, 0.5) is 4.79 Å². The lowest BCUT2D eigenvalue weighted by atomic mass is 9.96. The standard InChI is InChI=1S/C24H33N3O6/c1-8-16(3)19(26-23(31)33-24(4,5)6)22(30)27(9-2)20(17-13-11-10-12-14-17)21(29)25-15-18(28)32-7/h2,10-14,16,19-20H,8,15H2,1,3-7H3,(H,25,29)(H,26,31). The largest absolute Gasteiger partial charge is 0.468 e. The van der Waals surface area contributed by atoms with Gasteiger partial charge in [0.25, 0.3) is 5.91 Å². The Bertz CT molecular complexity index is 872. The van der Waals surface area contributed by atoms with Crippen molar-refractivity contribution in [3.63, 3.8) is 0 Å². The van der Waals surface area contributed by atoms with E-state index in [0.717, 1.165) is 4.90 Å². The third-order valence-electron chi connectivity index (χ3n) is 4.78. The summed E-state index contributed by atoms with van der Waals surface area (Å²) in [7, 11) is 1.19. The minimum Gasteiger partial charge on any atom is -0.468 e. The van der Waals surface area contributed by atoms with Gasteiger partial charge in [0.05, 0.1) is 7.11 Å². The molecule has 9 heteroatoms. The normalized spacial score (nSPS) is 13.5. The van der Waals surface area contributed by atoms with Crippen molar-refractivity contribution in [1.82, 2.24) is 15.5 Å². The Balaban J connectivity index is 3.31. The number of rotatable bonds is 9. The lowest BCUT2D eigenvalue weighted by Gasteiger charge is -2.32. The third-order valence-corrected chi connectivity index (χ3v) is 4.78. The molecular formula is C24H33N3O6. The molecular weight excluding hydrogens is 426 g/mol. The van der Waals surface area contributed by atoms with E-state index in [9.17, 15) is 19.2 Å². The van der Waals surface area contributed by atoms with Crippen LogP contribution in [0.25, 0.3) is 0 Å². The number of hydrogen-bond donors (Lipinski definition) is 2. The zero-order valence-electron chi connectivity index (χ0n) is 20.0. The predicted octanol–water partition coefficient (Wildman–Crippen LogP) is 2.38. The molecule has 0 aliphatic rings. The minimum absolute atomic E-state index is 0.310. The number of hydrogen-bond acceptors (Lipinski definition) is 6. The average Bonchev–Trinajstić information content (AvgIpc) is 2.77. The van der Waals surface area contributed by atoms with Crippen molar-refractivity contribution in [2.24, 2.45) is 5.92 Å². The number of nitrogens with one attached hydrogen (secondary N) is 2. The number of nitrogens with zero attached hydrogens (tertiary/aromatic N) is 1. The number of carbonyl (C=O) groups excluding carboxylic acids is 4. The molecule has 0 radical (unpaired) electrons. The second-order valence-corrected chi connectivity index (χ2v) is 8.45. The van der Waals surface area contributed by atoms with E-state index in [1.54, 1.807) is 58.0 Å². The summed E-state index contributed by atoms with van der Waals surface area (Å²) in [5.41, 5.74) is -0.328. The summed E-state index contributed by atoms with van der Waals surface area (Å²) in [6.07, 6.45) is 5.46. The average molecular weight is 460 g/mol. The second-order valence-electron chi connectivity index (χ2n) is 8.45. The molecule has 1 aromatic carbocycles. The van der Waals surface area contributed by atoms with Crippen molar-refractivity contribution in [2.45, 2.75) is 58.7 Å². The molecule has 33 heavy (non-hydrogen) atoms. The summed E-state index contributed by atoms with van der Waals surface area (Å²) in [5.74, 6) is -2.29. The molecule has 0 saturated carbocycles. The van der Waals surface area contributed by atoms with Crippen LogP contribution in [0.15, 0.2) is 30.3 Å². The van der Waals surface area contributed by atoms with Crippen LogP contribution in [-0.4, -0.2) is 54.1 Å². The van der Waals surface area contributed by atoms with Gasteiger partial charge in [0.1, 0.15) is 24.2 Å². The Morgan fingerprint density at radius 2 is 1.76 bits per heavy atom. The van der Waals surface area contributed by atoms with E-state index >= 15 is 0 Å². The number of terminal acetylenes is 1. The highest BCUT2D eigenvalue weighted by Crippen LogP contribution is 2.23. The zero-order chi connectivity index (χ0) is 25.2. The van der Waals surface area contributed by atoms with E-state index in [2.05, 4.69) is 21.4 Å². The first-order chi connectivity index (χ1) is 15.4. The van der Waals surface area contributed by atoms with Gasteiger partial charge in [-0.1, -0.05) is 57.0 Å². The minimum atomic E-state index is -1.24. The molecule has 0 fully saturated rings. The number of ether oxygens (including phenoxy) is 2. The lowest BCUT2D eigenvalue weighted by molar-refractivity contribution is -0.143. The molecule has 0 aliphatic heterocycles. The summed E-state index contributed by atoms with van der Waals surface area (Å²) < 4.78 is 9.85. The molecule has 0 aliphatic carbocycles. The van der Waals surface area contributed by atoms with Crippen molar-refractivity contribution in [2.75, 3.05) is 13.7 Å². The molecule has 1 aromatic rings. The summed E-state index contributed by atoms with van der Waals surface area (Å²) >= 11 is 0. The SMILES string of the molecule is C#CN(C(=O)C(NC(=O)OC(C)(C)C)C(C)CC)C(C(=O)NCC(=O)OC)c1ccccc1. The molecule has 2 N–H and O–H groups in total. The van der Waals surface area contributed by atoms with Crippen LogP contribution in [-0.2, 0) is 23.9 Å². The van der Waals surface area contributed by atoms with E-state index in [4.69, 9.17) is 11.2 Å². The molecule has 3 atom stereocenters. The fourth-order valence-corrected chi connectivity index (χ4v) is 2.91. The van der Waals surface area contributed by atoms with E-state index in [1.807, 2.05) is 6.92 Å². The fourth-order valence-electron chi connectivity index (χ4n) is 2.91. The van der Waals surface area contributed by atoms with Crippen LogP contribution < -0.4 is 10.6 Å². The molecule has 1 rings (SSSR count). The van der Waals surface area contributed by atoms with Crippen LogP contribution in [0.3, 0.4) is 0 Å². The van der Waals surface area contributed by atoms with Crippen LogP contribution >= 0.6 is 0 Å². The maximum Gasteiger partial charge on any atom is 0.408 e. The first kappa shape index (κ1) is 27.5. The Hall–Kier alpha value is -3.54. The van der Waals surface area contributed by atoms with Crippen LogP contribution in [0.1, 0.15) is 52.6 Å². The van der Waals surface area contributed by atoms with E-state index in [-0.39, 0.29) is 5.92 Å². The van der Waals surface area contributed by atoms with Gasteiger partial charge >= 0.3 is 12.1 Å². The molecule has 0 aromatic heterocycles. The third kappa shape index (κ3) is 8.48. The van der Waals surface area contributed by atoms with Gasteiger partial charge in [0.15, 0.2) is 0 Å². The van der Waals surface area contributed by atoms with Gasteiger partial charge in [-0.05, 0) is 32.3 Å². The quantitative estimate of drug-likeness (QED) is 0.333. The van der Waals surface area contributed by atoms with Crippen molar-refractivity contribution in [3.8, 4) is 12.5 Å². The van der Waals surface area contributed by atoms with Crippen molar-refractivity contribution < 1.29 is 28.7 Å². The Morgan fingerprint density at radius 3 is 2.24 bits per heavy atom. The van der Waals surface area contributed by atoms with Gasteiger partial charge in [-0.3, -0.25) is 19.3 Å². The number of methoxy groups -OCH3 is 1. The van der Waals surface area contributed by atoms with Crippen LogP contribution in [0.2, 0.25) is 0 Å². The van der Waals surface area contributed by atoms with Gasteiger partial charge in [0, 0.05) is 6.04 Å². The topological polar surface area (TPSA) is 114 Å². The van der Waals surface area contributed by atoms with E-state index in [1.165, 1.54) is 7.11 Å². The lowest BCUT2D eigenvalue weighted by Crippen LogP contribution is -2.54. The number of benzene rings is 1. The number of alkyl carbamates (subject to hydrolysis) is 1. The maximum atomic E-state index is 13.5. The molecule has 0 heterocycles. The highest BCUT2D eigenvalue weighted by molar-refractivity contribution is 5.94. The van der Waals surface area contributed by atoms with Gasteiger partial charge in [-0.25, -0.2) is 4.79 Å². The fraction of sp³-hybridized carbons (Fsp3) is 0.500. The molecule has 0 saturated heterocycles. The van der Waals surface area contributed by atoms with Crippen molar-refractivity contribution >= 4 is 23.9 Å². The maximum absolute atomic E-state index is 13.5.